The third-order valence-corrected chi connectivity index (χ3v) is 6.52. The number of hydrogen-bond donors (Lipinski definition) is 0. The van der Waals surface area contributed by atoms with Crippen molar-refractivity contribution in [1.29, 1.82) is 0 Å². The second kappa shape index (κ2) is 7.71. The monoisotopic (exact) mass is 395 g/mol. The number of benzene rings is 1. The highest BCUT2D eigenvalue weighted by Gasteiger charge is 2.36. The van der Waals surface area contributed by atoms with Crippen LogP contribution in [0.15, 0.2) is 24.3 Å². The predicted molar refractivity (Wildman–Crippen MR) is 96.9 cm³/mol. The fraction of sp³-hybridized carbons (Fsp3) is 0.529. The van der Waals surface area contributed by atoms with Crippen molar-refractivity contribution in [2.75, 3.05) is 11.5 Å². The Labute approximate surface area is 157 Å². The van der Waals surface area contributed by atoms with Crippen molar-refractivity contribution in [1.82, 2.24) is 25.1 Å². The van der Waals surface area contributed by atoms with E-state index < -0.39 is 15.7 Å². The minimum absolute atomic E-state index is 0.0115. The van der Waals surface area contributed by atoms with Crippen LogP contribution < -0.4 is 0 Å². The largest absolute Gasteiger partial charge is 0.334 e. The Kier molecular flexibility index (Phi) is 5.54. The summed E-state index contributed by atoms with van der Waals surface area (Å²) in [6, 6.07) is 5.38. The molecule has 146 valence electrons. The highest BCUT2D eigenvalue weighted by Crippen LogP contribution is 2.22. The Hall–Kier alpha value is -2.36. The summed E-state index contributed by atoms with van der Waals surface area (Å²) in [6.45, 7) is 3.70. The molecule has 1 saturated heterocycles. The van der Waals surface area contributed by atoms with Gasteiger partial charge >= 0.3 is 0 Å². The lowest BCUT2D eigenvalue weighted by molar-refractivity contribution is -0.136. The van der Waals surface area contributed by atoms with E-state index in [2.05, 4.69) is 15.4 Å². The van der Waals surface area contributed by atoms with Gasteiger partial charge in [0.1, 0.15) is 12.4 Å². The van der Waals surface area contributed by atoms with Crippen LogP contribution in [0.4, 0.5) is 4.39 Å². The maximum Gasteiger partial charge on any atom is 0.246 e. The number of nitrogens with zero attached hydrogens (tertiary/aromatic N) is 5. The summed E-state index contributed by atoms with van der Waals surface area (Å²) in [5.74, 6) is -0.355. The number of carbonyl (C=O) groups is 1. The van der Waals surface area contributed by atoms with Crippen LogP contribution in [0.3, 0.4) is 0 Å². The van der Waals surface area contributed by atoms with E-state index in [9.17, 15) is 17.6 Å². The lowest BCUT2D eigenvalue weighted by atomic mass is 10.1. The summed E-state index contributed by atoms with van der Waals surface area (Å²) in [5, 5.41) is 11.9. The van der Waals surface area contributed by atoms with E-state index in [4.69, 9.17) is 0 Å². The summed E-state index contributed by atoms with van der Waals surface area (Å²) in [6.07, 6.45) is 1.15. The van der Waals surface area contributed by atoms with Gasteiger partial charge in [0.2, 0.25) is 11.7 Å². The molecule has 1 aliphatic rings. The molecule has 1 fully saturated rings. The number of carbonyl (C=O) groups excluding carboxylic acids is 1. The number of aromatic nitrogens is 4. The number of sulfone groups is 1. The third-order valence-electron chi connectivity index (χ3n) is 4.77. The summed E-state index contributed by atoms with van der Waals surface area (Å²) in [5.41, 5.74) is 0.467. The highest BCUT2D eigenvalue weighted by atomic mass is 32.2. The molecule has 2 aromatic rings. The molecule has 0 radical (unpaired) electrons. The molecule has 1 aromatic heterocycles. The lowest BCUT2D eigenvalue weighted by Gasteiger charge is -2.33. The second-order valence-corrected chi connectivity index (χ2v) is 9.00. The SMILES string of the molecule is CC[C@@H](C)N(C(=O)Cn1nnc(-c2cccc(F)c2)n1)[C@@H]1CCS(=O)(=O)C1. The molecule has 0 aliphatic carbocycles. The third kappa shape index (κ3) is 4.49. The van der Waals surface area contributed by atoms with Crippen LogP contribution >= 0.6 is 0 Å². The molecule has 0 spiro atoms. The first-order valence-electron chi connectivity index (χ1n) is 8.84. The zero-order valence-electron chi connectivity index (χ0n) is 15.2. The highest BCUT2D eigenvalue weighted by molar-refractivity contribution is 7.91. The van der Waals surface area contributed by atoms with Gasteiger partial charge in [0.25, 0.3) is 0 Å². The fourth-order valence-corrected chi connectivity index (χ4v) is 4.97. The van der Waals surface area contributed by atoms with Crippen LogP contribution in [0.1, 0.15) is 26.7 Å². The van der Waals surface area contributed by atoms with Gasteiger partial charge in [0, 0.05) is 17.6 Å². The summed E-state index contributed by atoms with van der Waals surface area (Å²) >= 11 is 0. The Bertz CT molecular complexity index is 930. The first-order valence-corrected chi connectivity index (χ1v) is 10.7. The van der Waals surface area contributed by atoms with Crippen LogP contribution in [0.25, 0.3) is 11.4 Å². The van der Waals surface area contributed by atoms with Gasteiger partial charge in [-0.25, -0.2) is 12.8 Å². The van der Waals surface area contributed by atoms with Crippen molar-refractivity contribution in [2.45, 2.75) is 45.3 Å². The number of halogens is 1. The van der Waals surface area contributed by atoms with Crippen molar-refractivity contribution >= 4 is 15.7 Å². The molecule has 2 heterocycles. The number of hydrogen-bond acceptors (Lipinski definition) is 6. The first kappa shape index (κ1) is 19.4. The van der Waals surface area contributed by atoms with E-state index in [1.807, 2.05) is 13.8 Å². The van der Waals surface area contributed by atoms with E-state index >= 15 is 0 Å². The average Bonchev–Trinajstić information content (AvgIpc) is 3.21. The van der Waals surface area contributed by atoms with E-state index in [0.717, 1.165) is 4.80 Å². The second-order valence-electron chi connectivity index (χ2n) is 6.77. The number of tetrazole rings is 1. The quantitative estimate of drug-likeness (QED) is 0.731. The van der Waals surface area contributed by atoms with Gasteiger partial charge in [-0.05, 0) is 37.1 Å². The summed E-state index contributed by atoms with van der Waals surface area (Å²) in [7, 11) is -3.10. The van der Waals surface area contributed by atoms with Gasteiger partial charge in [-0.1, -0.05) is 19.1 Å². The molecule has 1 aliphatic heterocycles. The molecular weight excluding hydrogens is 373 g/mol. The van der Waals surface area contributed by atoms with Crippen LogP contribution in [-0.2, 0) is 21.2 Å². The predicted octanol–water partition coefficient (Wildman–Crippen LogP) is 1.29. The molecule has 3 rings (SSSR count). The molecular formula is C17H22FN5O3S. The topological polar surface area (TPSA) is 98.1 Å². The molecule has 10 heteroatoms. The van der Waals surface area contributed by atoms with Gasteiger partial charge in [0.15, 0.2) is 9.84 Å². The number of rotatable bonds is 6. The van der Waals surface area contributed by atoms with Gasteiger partial charge in [-0.3, -0.25) is 4.79 Å². The summed E-state index contributed by atoms with van der Waals surface area (Å²) < 4.78 is 37.0. The van der Waals surface area contributed by atoms with E-state index in [1.54, 1.807) is 17.0 Å². The standard InChI is InChI=1S/C17H22FN5O3S/c1-3-12(2)23(15-7-8-27(25,26)11-15)16(24)10-22-20-17(19-21-22)13-5-4-6-14(18)9-13/h4-6,9,12,15H,3,7-8,10-11H2,1-2H3/t12-,15-/m1/s1. The van der Waals surface area contributed by atoms with Crippen LogP contribution in [0.2, 0.25) is 0 Å². The Morgan fingerprint density at radius 1 is 1.44 bits per heavy atom. The van der Waals surface area contributed by atoms with E-state index in [-0.39, 0.29) is 41.9 Å². The van der Waals surface area contributed by atoms with Crippen molar-refractivity contribution in [3.8, 4) is 11.4 Å². The molecule has 27 heavy (non-hydrogen) atoms. The van der Waals surface area contributed by atoms with Gasteiger partial charge in [-0.15, -0.1) is 10.2 Å². The van der Waals surface area contributed by atoms with Crippen LogP contribution in [0, 0.1) is 5.82 Å². The first-order chi connectivity index (χ1) is 12.8. The molecule has 8 nitrogen and oxygen atoms in total. The molecule has 0 N–H and O–H groups in total. The van der Waals surface area contributed by atoms with E-state index in [0.29, 0.717) is 18.4 Å². The zero-order valence-corrected chi connectivity index (χ0v) is 16.1. The van der Waals surface area contributed by atoms with Crippen molar-refractivity contribution in [2.24, 2.45) is 0 Å². The smallest absolute Gasteiger partial charge is 0.246 e. The molecule has 2 atom stereocenters. The minimum Gasteiger partial charge on any atom is -0.334 e. The van der Waals surface area contributed by atoms with E-state index in [1.165, 1.54) is 12.1 Å². The van der Waals surface area contributed by atoms with Crippen molar-refractivity contribution in [3.63, 3.8) is 0 Å². The minimum atomic E-state index is -3.10. The molecule has 1 amide bonds. The lowest BCUT2D eigenvalue weighted by Crippen LogP contribution is -2.48. The molecule has 0 unspecified atom stereocenters. The van der Waals surface area contributed by atoms with Crippen LogP contribution in [-0.4, -0.2) is 63.0 Å². The van der Waals surface area contributed by atoms with Crippen LogP contribution in [0.5, 0.6) is 0 Å². The Morgan fingerprint density at radius 2 is 2.22 bits per heavy atom. The zero-order chi connectivity index (χ0) is 19.6. The molecule has 0 bridgehead atoms. The maximum absolute atomic E-state index is 13.3. The maximum atomic E-state index is 13.3. The Balaban J connectivity index is 1.76. The van der Waals surface area contributed by atoms with Gasteiger partial charge < -0.3 is 4.90 Å². The molecule has 1 aromatic carbocycles. The van der Waals surface area contributed by atoms with Crippen molar-refractivity contribution < 1.29 is 17.6 Å². The van der Waals surface area contributed by atoms with Gasteiger partial charge in [0.05, 0.1) is 11.5 Å². The number of amides is 1. The normalized spacial score (nSPS) is 19.7. The molecule has 0 saturated carbocycles. The fourth-order valence-electron chi connectivity index (χ4n) is 3.26. The Morgan fingerprint density at radius 3 is 2.85 bits per heavy atom. The summed E-state index contributed by atoms with van der Waals surface area (Å²) in [4.78, 5) is 15.6. The van der Waals surface area contributed by atoms with Crippen molar-refractivity contribution in [3.05, 3.63) is 30.1 Å². The average molecular weight is 395 g/mol. The van der Waals surface area contributed by atoms with Gasteiger partial charge in [-0.2, -0.15) is 4.80 Å².